The number of anilines is 1. The highest BCUT2D eigenvalue weighted by molar-refractivity contribution is 7.80. The van der Waals surface area contributed by atoms with Crippen LogP contribution in [-0.4, -0.2) is 4.99 Å². The molecule has 2 N–H and O–H groups in total. The molecule has 0 aliphatic heterocycles. The Kier molecular flexibility index (Phi) is 5.24. The standard InChI is InChI=1S/C21H20N2S/c22-21(24)19-11-7-10-18(14-19)16-23(20-12-5-2-6-13-20)15-17-8-3-1-4-9-17/h1-14H,15-16H2,(H2,22,24). The summed E-state index contributed by atoms with van der Waals surface area (Å²) in [7, 11) is 0. The maximum atomic E-state index is 5.77. The van der Waals surface area contributed by atoms with Gasteiger partial charge < -0.3 is 10.6 Å². The van der Waals surface area contributed by atoms with Crippen LogP contribution >= 0.6 is 12.2 Å². The van der Waals surface area contributed by atoms with E-state index in [1.165, 1.54) is 16.8 Å². The fourth-order valence-corrected chi connectivity index (χ4v) is 2.85. The molecule has 0 spiro atoms. The van der Waals surface area contributed by atoms with E-state index < -0.39 is 0 Å². The lowest BCUT2D eigenvalue weighted by Crippen LogP contribution is -2.22. The lowest BCUT2D eigenvalue weighted by molar-refractivity contribution is 0.800. The minimum absolute atomic E-state index is 0.436. The molecule has 3 aromatic carbocycles. The first-order valence-electron chi connectivity index (χ1n) is 7.95. The Hall–Kier alpha value is -2.65. The molecule has 24 heavy (non-hydrogen) atoms. The van der Waals surface area contributed by atoms with Crippen LogP contribution in [0.15, 0.2) is 84.9 Å². The second-order valence-corrected chi connectivity index (χ2v) is 6.18. The topological polar surface area (TPSA) is 29.3 Å². The van der Waals surface area contributed by atoms with Crippen molar-refractivity contribution in [3.05, 3.63) is 102 Å². The maximum Gasteiger partial charge on any atom is 0.103 e. The Bertz CT molecular complexity index is 800. The number of nitrogens with zero attached hydrogens (tertiary/aromatic N) is 1. The molecule has 0 unspecified atom stereocenters. The molecule has 0 radical (unpaired) electrons. The molecule has 0 aromatic heterocycles. The molecule has 0 atom stereocenters. The second kappa shape index (κ2) is 7.75. The zero-order valence-electron chi connectivity index (χ0n) is 13.4. The van der Waals surface area contributed by atoms with Gasteiger partial charge in [0.05, 0.1) is 0 Å². The summed E-state index contributed by atoms with van der Waals surface area (Å²) in [6.07, 6.45) is 0. The van der Waals surface area contributed by atoms with Crippen LogP contribution in [0.2, 0.25) is 0 Å². The molecule has 3 rings (SSSR count). The summed E-state index contributed by atoms with van der Waals surface area (Å²) in [6.45, 7) is 1.65. The van der Waals surface area contributed by atoms with Crippen molar-refractivity contribution in [2.75, 3.05) is 4.90 Å². The lowest BCUT2D eigenvalue weighted by Gasteiger charge is -2.25. The van der Waals surface area contributed by atoms with Crippen molar-refractivity contribution in [2.24, 2.45) is 5.73 Å². The summed E-state index contributed by atoms with van der Waals surface area (Å²) in [5, 5.41) is 0. The van der Waals surface area contributed by atoms with Crippen LogP contribution < -0.4 is 10.6 Å². The van der Waals surface area contributed by atoms with E-state index in [1.54, 1.807) is 0 Å². The average Bonchev–Trinajstić information content (AvgIpc) is 2.63. The van der Waals surface area contributed by atoms with Gasteiger partial charge in [0.1, 0.15) is 4.99 Å². The number of thiocarbonyl (C=S) groups is 1. The molecule has 0 aliphatic carbocycles. The van der Waals surface area contributed by atoms with Gasteiger partial charge in [0.15, 0.2) is 0 Å². The van der Waals surface area contributed by atoms with Crippen LogP contribution in [0.25, 0.3) is 0 Å². The minimum atomic E-state index is 0.436. The fraction of sp³-hybridized carbons (Fsp3) is 0.0952. The Morgan fingerprint density at radius 1 is 0.750 bits per heavy atom. The van der Waals surface area contributed by atoms with Crippen molar-refractivity contribution in [1.29, 1.82) is 0 Å². The van der Waals surface area contributed by atoms with Gasteiger partial charge in [0.2, 0.25) is 0 Å². The predicted octanol–water partition coefficient (Wildman–Crippen LogP) is 4.53. The van der Waals surface area contributed by atoms with Crippen LogP contribution in [0.1, 0.15) is 16.7 Å². The number of para-hydroxylation sites is 1. The molecule has 0 aliphatic rings. The third-order valence-electron chi connectivity index (χ3n) is 3.92. The molecular weight excluding hydrogens is 312 g/mol. The van der Waals surface area contributed by atoms with Gasteiger partial charge in [-0.25, -0.2) is 0 Å². The summed E-state index contributed by atoms with van der Waals surface area (Å²) in [5.41, 5.74) is 10.4. The van der Waals surface area contributed by atoms with E-state index in [0.29, 0.717) is 4.99 Å². The van der Waals surface area contributed by atoms with Crippen molar-refractivity contribution >= 4 is 22.9 Å². The van der Waals surface area contributed by atoms with Gasteiger partial charge in [-0.1, -0.05) is 78.9 Å². The molecule has 0 fully saturated rings. The van der Waals surface area contributed by atoms with E-state index >= 15 is 0 Å². The normalized spacial score (nSPS) is 10.3. The Morgan fingerprint density at radius 2 is 1.33 bits per heavy atom. The van der Waals surface area contributed by atoms with E-state index in [-0.39, 0.29) is 0 Å². The van der Waals surface area contributed by atoms with Crippen molar-refractivity contribution in [3.63, 3.8) is 0 Å². The van der Waals surface area contributed by atoms with Gasteiger partial charge in [0, 0.05) is 24.3 Å². The Labute approximate surface area is 148 Å². The molecule has 0 heterocycles. The number of hydrogen-bond acceptors (Lipinski definition) is 2. The van der Waals surface area contributed by atoms with Crippen molar-refractivity contribution in [3.8, 4) is 0 Å². The van der Waals surface area contributed by atoms with Gasteiger partial charge in [-0.15, -0.1) is 0 Å². The van der Waals surface area contributed by atoms with E-state index in [4.69, 9.17) is 18.0 Å². The molecule has 3 aromatic rings. The summed E-state index contributed by atoms with van der Waals surface area (Å²) in [6, 6.07) is 29.1. The number of nitrogens with two attached hydrogens (primary N) is 1. The summed E-state index contributed by atoms with van der Waals surface area (Å²) >= 11 is 5.10. The molecule has 0 saturated carbocycles. The van der Waals surface area contributed by atoms with Crippen molar-refractivity contribution in [2.45, 2.75) is 13.1 Å². The highest BCUT2D eigenvalue weighted by atomic mass is 32.1. The van der Waals surface area contributed by atoms with Gasteiger partial charge >= 0.3 is 0 Å². The van der Waals surface area contributed by atoms with E-state index in [0.717, 1.165) is 18.7 Å². The summed E-state index contributed by atoms with van der Waals surface area (Å²) < 4.78 is 0. The highest BCUT2D eigenvalue weighted by Crippen LogP contribution is 2.20. The van der Waals surface area contributed by atoms with Gasteiger partial charge in [-0.3, -0.25) is 0 Å². The molecular formula is C21H20N2S. The maximum absolute atomic E-state index is 5.77. The molecule has 3 heteroatoms. The fourth-order valence-electron chi connectivity index (χ4n) is 2.72. The quantitative estimate of drug-likeness (QED) is 0.673. The average molecular weight is 332 g/mol. The van der Waals surface area contributed by atoms with Crippen LogP contribution in [-0.2, 0) is 13.1 Å². The van der Waals surface area contributed by atoms with Gasteiger partial charge in [0.25, 0.3) is 0 Å². The first-order chi connectivity index (χ1) is 11.7. The SMILES string of the molecule is NC(=S)c1cccc(CN(Cc2ccccc2)c2ccccc2)c1. The zero-order chi connectivity index (χ0) is 16.8. The van der Waals surface area contributed by atoms with Gasteiger partial charge in [-0.2, -0.15) is 0 Å². The van der Waals surface area contributed by atoms with Gasteiger partial charge in [-0.05, 0) is 29.3 Å². The predicted molar refractivity (Wildman–Crippen MR) is 105 cm³/mol. The first kappa shape index (κ1) is 16.2. The molecule has 0 amide bonds. The monoisotopic (exact) mass is 332 g/mol. The minimum Gasteiger partial charge on any atom is -0.389 e. The second-order valence-electron chi connectivity index (χ2n) is 5.74. The van der Waals surface area contributed by atoms with E-state index in [2.05, 4.69) is 65.6 Å². The third-order valence-corrected chi connectivity index (χ3v) is 4.16. The van der Waals surface area contributed by atoms with Crippen molar-refractivity contribution < 1.29 is 0 Å². The Morgan fingerprint density at radius 3 is 2.00 bits per heavy atom. The first-order valence-corrected chi connectivity index (χ1v) is 8.36. The van der Waals surface area contributed by atoms with E-state index in [9.17, 15) is 0 Å². The zero-order valence-corrected chi connectivity index (χ0v) is 14.2. The highest BCUT2D eigenvalue weighted by Gasteiger charge is 2.09. The number of hydrogen-bond donors (Lipinski definition) is 1. The summed E-state index contributed by atoms with van der Waals surface area (Å²) in [4.78, 5) is 2.79. The summed E-state index contributed by atoms with van der Waals surface area (Å²) in [5.74, 6) is 0. The number of benzene rings is 3. The molecule has 0 bridgehead atoms. The number of rotatable bonds is 6. The smallest absolute Gasteiger partial charge is 0.103 e. The third kappa shape index (κ3) is 4.21. The largest absolute Gasteiger partial charge is 0.389 e. The van der Waals surface area contributed by atoms with Crippen LogP contribution in [0.3, 0.4) is 0 Å². The molecule has 0 saturated heterocycles. The lowest BCUT2D eigenvalue weighted by atomic mass is 10.1. The van der Waals surface area contributed by atoms with Crippen molar-refractivity contribution in [1.82, 2.24) is 0 Å². The van der Waals surface area contributed by atoms with E-state index in [1.807, 2.05) is 24.3 Å². The van der Waals surface area contributed by atoms with Crippen LogP contribution in [0.5, 0.6) is 0 Å². The molecule has 2 nitrogen and oxygen atoms in total. The van der Waals surface area contributed by atoms with Crippen LogP contribution in [0, 0.1) is 0 Å². The van der Waals surface area contributed by atoms with Crippen LogP contribution in [0.4, 0.5) is 5.69 Å². The molecule has 120 valence electrons. The Balaban J connectivity index is 1.87.